The molecule has 0 bridgehead atoms. The molecular formula is C47H80N2O. The molecule has 0 heterocycles. The van der Waals surface area contributed by atoms with Crippen LogP contribution in [0.5, 0.6) is 0 Å². The van der Waals surface area contributed by atoms with Gasteiger partial charge in [0.15, 0.2) is 0 Å². The van der Waals surface area contributed by atoms with Gasteiger partial charge >= 0.3 is 6.03 Å². The van der Waals surface area contributed by atoms with Crippen LogP contribution in [0.4, 0.5) is 16.2 Å². The Morgan fingerprint density at radius 3 is 0.880 bits per heavy atom. The number of carbonyl (C=O) groups is 1. The van der Waals surface area contributed by atoms with E-state index in [-0.39, 0.29) is 6.03 Å². The summed E-state index contributed by atoms with van der Waals surface area (Å²) in [5.41, 5.74) is 4.36. The molecule has 2 amide bonds. The lowest BCUT2D eigenvalue weighted by molar-refractivity contribution is 0.262. The molecule has 0 aromatic heterocycles. The van der Waals surface area contributed by atoms with Crippen LogP contribution in [0.2, 0.25) is 0 Å². The van der Waals surface area contributed by atoms with Gasteiger partial charge in [-0.1, -0.05) is 230 Å². The molecule has 0 saturated heterocycles. The Balaban J connectivity index is 1.53. The number of nitrogens with one attached hydrogen (secondary N) is 2. The lowest BCUT2D eigenvalue weighted by Crippen LogP contribution is -2.21. The Labute approximate surface area is 311 Å². The number of benzene rings is 2. The van der Waals surface area contributed by atoms with E-state index in [2.05, 4.69) is 48.7 Å². The van der Waals surface area contributed by atoms with E-state index in [9.17, 15) is 4.79 Å². The van der Waals surface area contributed by atoms with Crippen molar-refractivity contribution in [3.8, 4) is 0 Å². The van der Waals surface area contributed by atoms with Gasteiger partial charge in [-0.25, -0.2) is 4.79 Å². The molecule has 2 aromatic carbocycles. The van der Waals surface area contributed by atoms with Crippen LogP contribution in [0.1, 0.15) is 218 Å². The van der Waals surface area contributed by atoms with Gasteiger partial charge in [-0.2, -0.15) is 0 Å². The number of para-hydroxylation sites is 2. The first-order valence-electron chi connectivity index (χ1n) is 22.0. The van der Waals surface area contributed by atoms with Gasteiger partial charge in [-0.05, 0) is 48.9 Å². The minimum Gasteiger partial charge on any atom is -0.307 e. The Bertz CT molecular complexity index is 967. The number of unbranched alkanes of at least 4 members (excludes halogenated alkanes) is 28. The van der Waals surface area contributed by atoms with Crippen molar-refractivity contribution in [2.75, 3.05) is 10.6 Å². The van der Waals surface area contributed by atoms with E-state index in [1.807, 2.05) is 24.3 Å². The van der Waals surface area contributed by atoms with Crippen molar-refractivity contribution >= 4 is 17.4 Å². The van der Waals surface area contributed by atoms with E-state index < -0.39 is 0 Å². The van der Waals surface area contributed by atoms with E-state index in [1.54, 1.807) is 0 Å². The molecule has 0 aliphatic rings. The maximum atomic E-state index is 13.1. The number of rotatable bonds is 34. The van der Waals surface area contributed by atoms with Crippen molar-refractivity contribution in [1.82, 2.24) is 0 Å². The molecule has 0 fully saturated rings. The highest BCUT2D eigenvalue weighted by molar-refractivity contribution is 6.00. The second-order valence-electron chi connectivity index (χ2n) is 15.3. The Kier molecular flexibility index (Phi) is 28.6. The summed E-state index contributed by atoms with van der Waals surface area (Å²) in [4.78, 5) is 13.1. The standard InChI is InChI=1S/C47H80N2O/c1-3-5-7-9-11-13-15-17-19-21-23-25-27-29-31-37-43-39-33-35-41-45(43)48-47(50)49-46-42-36-34-40-44(46)38-32-30-28-26-24-22-20-18-16-14-12-10-8-6-4-2/h33-36,39-42H,3-32,37-38H2,1-2H3,(H2,48,49,50). The molecule has 3 heteroatoms. The fourth-order valence-electron chi connectivity index (χ4n) is 7.37. The molecule has 0 spiro atoms. The number of hydrogen-bond acceptors (Lipinski definition) is 1. The van der Waals surface area contributed by atoms with Gasteiger partial charge in [-0.15, -0.1) is 0 Å². The molecule has 0 saturated carbocycles. The molecule has 0 aliphatic heterocycles. The third kappa shape index (κ3) is 24.0. The van der Waals surface area contributed by atoms with Gasteiger partial charge in [0.05, 0.1) is 0 Å². The van der Waals surface area contributed by atoms with Crippen LogP contribution in [-0.4, -0.2) is 6.03 Å². The van der Waals surface area contributed by atoms with Crippen LogP contribution in [-0.2, 0) is 12.8 Å². The Morgan fingerprint density at radius 2 is 0.600 bits per heavy atom. The fourth-order valence-corrected chi connectivity index (χ4v) is 7.37. The summed E-state index contributed by atoms with van der Waals surface area (Å²) in [6.07, 6.45) is 43.5. The number of aryl methyl sites for hydroxylation is 2. The molecule has 0 radical (unpaired) electrons. The fraction of sp³-hybridized carbons (Fsp3) is 0.723. The highest BCUT2D eigenvalue weighted by Gasteiger charge is 2.10. The van der Waals surface area contributed by atoms with Gasteiger partial charge in [0.2, 0.25) is 0 Å². The monoisotopic (exact) mass is 689 g/mol. The third-order valence-corrected chi connectivity index (χ3v) is 10.6. The molecule has 0 unspecified atom stereocenters. The molecule has 2 N–H and O–H groups in total. The van der Waals surface area contributed by atoms with Crippen LogP contribution >= 0.6 is 0 Å². The average Bonchev–Trinajstić information content (AvgIpc) is 3.13. The zero-order valence-electron chi connectivity index (χ0n) is 33.2. The van der Waals surface area contributed by atoms with E-state index in [0.717, 1.165) is 24.2 Å². The minimum atomic E-state index is -0.141. The quantitative estimate of drug-likeness (QED) is 0.0706. The predicted molar refractivity (Wildman–Crippen MR) is 223 cm³/mol. The van der Waals surface area contributed by atoms with E-state index in [4.69, 9.17) is 0 Å². The minimum absolute atomic E-state index is 0.141. The van der Waals surface area contributed by atoms with Crippen molar-refractivity contribution in [3.05, 3.63) is 59.7 Å². The number of carbonyl (C=O) groups excluding carboxylic acids is 1. The molecule has 50 heavy (non-hydrogen) atoms. The molecule has 2 aromatic rings. The zero-order chi connectivity index (χ0) is 35.6. The van der Waals surface area contributed by atoms with Crippen LogP contribution in [0.3, 0.4) is 0 Å². The van der Waals surface area contributed by atoms with Crippen molar-refractivity contribution < 1.29 is 4.79 Å². The van der Waals surface area contributed by atoms with Gasteiger partial charge in [-0.3, -0.25) is 0 Å². The number of urea groups is 1. The zero-order valence-corrected chi connectivity index (χ0v) is 33.2. The highest BCUT2D eigenvalue weighted by atomic mass is 16.2. The summed E-state index contributed by atoms with van der Waals surface area (Å²) >= 11 is 0. The van der Waals surface area contributed by atoms with Crippen molar-refractivity contribution in [3.63, 3.8) is 0 Å². The van der Waals surface area contributed by atoms with Crippen LogP contribution in [0.25, 0.3) is 0 Å². The number of hydrogen-bond donors (Lipinski definition) is 2. The maximum Gasteiger partial charge on any atom is 0.323 e. The van der Waals surface area contributed by atoms with Crippen LogP contribution in [0.15, 0.2) is 48.5 Å². The topological polar surface area (TPSA) is 41.1 Å². The van der Waals surface area contributed by atoms with Crippen LogP contribution < -0.4 is 10.6 Å². The molecule has 3 nitrogen and oxygen atoms in total. The van der Waals surface area contributed by atoms with Crippen molar-refractivity contribution in [2.45, 2.75) is 219 Å². The van der Waals surface area contributed by atoms with E-state index >= 15 is 0 Å². The molecule has 2 rings (SSSR count). The lowest BCUT2D eigenvalue weighted by atomic mass is 10.0. The van der Waals surface area contributed by atoms with Gasteiger partial charge in [0.25, 0.3) is 0 Å². The summed E-state index contributed by atoms with van der Waals surface area (Å²) in [6.45, 7) is 4.59. The molecule has 0 aliphatic carbocycles. The predicted octanol–water partition coefficient (Wildman–Crippen LogP) is 16.2. The van der Waals surface area contributed by atoms with Crippen molar-refractivity contribution in [1.29, 1.82) is 0 Å². The normalized spacial score (nSPS) is 11.2. The maximum absolute atomic E-state index is 13.1. The lowest BCUT2D eigenvalue weighted by Gasteiger charge is -2.14. The Hall–Kier alpha value is -2.29. The summed E-state index contributed by atoms with van der Waals surface area (Å²) in [6, 6.07) is 16.5. The third-order valence-electron chi connectivity index (χ3n) is 10.6. The van der Waals surface area contributed by atoms with Crippen LogP contribution in [0, 0.1) is 0 Å². The first-order chi connectivity index (χ1) is 24.7. The second kappa shape index (κ2) is 32.6. The number of amides is 2. The SMILES string of the molecule is CCCCCCCCCCCCCCCCCc1ccccc1NC(=O)Nc1ccccc1CCCCCCCCCCCCCCCCC. The molecule has 0 atom stereocenters. The van der Waals surface area contributed by atoms with Gasteiger partial charge in [0.1, 0.15) is 0 Å². The van der Waals surface area contributed by atoms with E-state index in [1.165, 1.54) is 204 Å². The second-order valence-corrected chi connectivity index (χ2v) is 15.3. The summed E-state index contributed by atoms with van der Waals surface area (Å²) in [7, 11) is 0. The molecular weight excluding hydrogens is 609 g/mol. The van der Waals surface area contributed by atoms with Gasteiger partial charge < -0.3 is 10.6 Å². The van der Waals surface area contributed by atoms with Gasteiger partial charge in [0, 0.05) is 11.4 Å². The molecule has 284 valence electrons. The summed E-state index contributed by atoms with van der Waals surface area (Å²) < 4.78 is 0. The summed E-state index contributed by atoms with van der Waals surface area (Å²) in [5.74, 6) is 0. The number of anilines is 2. The van der Waals surface area contributed by atoms with Crippen molar-refractivity contribution in [2.24, 2.45) is 0 Å². The first kappa shape index (κ1) is 43.9. The first-order valence-corrected chi connectivity index (χ1v) is 22.0. The largest absolute Gasteiger partial charge is 0.323 e. The highest BCUT2D eigenvalue weighted by Crippen LogP contribution is 2.22. The smallest absolute Gasteiger partial charge is 0.307 e. The Morgan fingerprint density at radius 1 is 0.360 bits per heavy atom. The summed E-state index contributed by atoms with van der Waals surface area (Å²) in [5, 5.41) is 6.32. The van der Waals surface area contributed by atoms with E-state index in [0.29, 0.717) is 0 Å². The average molecular weight is 689 g/mol.